The van der Waals surface area contributed by atoms with E-state index < -0.39 is 63.7 Å². The number of nitrogens with zero attached hydrogens (tertiary/aromatic N) is 2. The Morgan fingerprint density at radius 3 is 2.53 bits per heavy atom. The minimum atomic E-state index is -3.14. The van der Waals surface area contributed by atoms with E-state index in [4.69, 9.17) is 14.6 Å². The van der Waals surface area contributed by atoms with Crippen molar-refractivity contribution in [1.29, 1.82) is 0 Å². The minimum Gasteiger partial charge on any atom is -0.490 e. The summed E-state index contributed by atoms with van der Waals surface area (Å²) in [7, 11) is -1.34. The Kier molecular flexibility index (Phi) is 8.83. The third kappa shape index (κ3) is 6.86. The summed E-state index contributed by atoms with van der Waals surface area (Å²) in [5, 5.41) is 8.69. The maximum Gasteiger partial charge on any atom is 0.255 e. The first-order valence-electron chi connectivity index (χ1n) is 12.0. The van der Waals surface area contributed by atoms with Gasteiger partial charge in [-0.15, -0.1) is 0 Å². The number of benzene rings is 1. The van der Waals surface area contributed by atoms with Gasteiger partial charge in [0, 0.05) is 52.7 Å². The van der Waals surface area contributed by atoms with Gasteiger partial charge in [0.05, 0.1) is 6.61 Å². The van der Waals surface area contributed by atoms with Gasteiger partial charge in [-0.3, -0.25) is 19.3 Å². The van der Waals surface area contributed by atoms with Crippen molar-refractivity contribution in [3.8, 4) is 5.75 Å². The summed E-state index contributed by atoms with van der Waals surface area (Å²) in [5.74, 6) is -5.74. The molecule has 0 aliphatic carbocycles. The Morgan fingerprint density at radius 1 is 1.14 bits per heavy atom. The number of imide groups is 1. The SMILES string of the molecule is C[Si](C)(C)CCOCN1C(=O)CCC(N2Cc3cc(OCCC(F)(F)CCO)c(F)cc3C2=O)C1=O. The monoisotopic (exact) mass is 530 g/mol. The summed E-state index contributed by atoms with van der Waals surface area (Å²) in [5.41, 5.74) is 0.467. The van der Waals surface area contributed by atoms with Crippen LogP contribution < -0.4 is 4.74 Å². The number of hydrogen-bond acceptors (Lipinski definition) is 6. The Morgan fingerprint density at radius 2 is 1.86 bits per heavy atom. The summed E-state index contributed by atoms with van der Waals surface area (Å²) in [6, 6.07) is 2.24. The van der Waals surface area contributed by atoms with Gasteiger partial charge < -0.3 is 19.5 Å². The number of ether oxygens (including phenoxy) is 2. The van der Waals surface area contributed by atoms with E-state index in [1.54, 1.807) is 0 Å². The Hall–Kier alpha value is -2.44. The van der Waals surface area contributed by atoms with Crippen molar-refractivity contribution in [3.05, 3.63) is 29.1 Å². The number of piperidine rings is 1. The molecule has 1 unspecified atom stereocenters. The van der Waals surface area contributed by atoms with Gasteiger partial charge in [-0.1, -0.05) is 19.6 Å². The summed E-state index contributed by atoms with van der Waals surface area (Å²) >= 11 is 0. The summed E-state index contributed by atoms with van der Waals surface area (Å²) in [6.45, 7) is 5.66. The first kappa shape index (κ1) is 28.1. The molecule has 12 heteroatoms. The van der Waals surface area contributed by atoms with Gasteiger partial charge in [0.25, 0.3) is 17.7 Å². The van der Waals surface area contributed by atoms with Crippen molar-refractivity contribution >= 4 is 25.8 Å². The number of hydrogen-bond donors (Lipinski definition) is 1. The van der Waals surface area contributed by atoms with Gasteiger partial charge in [-0.25, -0.2) is 13.2 Å². The van der Waals surface area contributed by atoms with E-state index in [1.807, 2.05) is 0 Å². The Balaban J connectivity index is 1.65. The highest BCUT2D eigenvalue weighted by Crippen LogP contribution is 2.33. The molecule has 0 radical (unpaired) electrons. The average molecular weight is 531 g/mol. The lowest BCUT2D eigenvalue weighted by molar-refractivity contribution is -0.158. The standard InChI is InChI=1S/C24H33F3N2O6Si/c1-36(2,3)11-10-34-15-29-21(31)5-4-19(23(29)33)28-14-16-12-20(18(25)13-17(16)22(28)32)35-9-7-24(26,27)6-8-30/h12-13,19,30H,4-11,14-15H2,1-3H3. The van der Waals surface area contributed by atoms with Crippen molar-refractivity contribution < 1.29 is 42.1 Å². The zero-order valence-corrected chi connectivity index (χ0v) is 21.8. The maximum absolute atomic E-state index is 14.5. The number of aliphatic hydroxyl groups is 1. The van der Waals surface area contributed by atoms with Crippen molar-refractivity contribution in [2.75, 3.05) is 26.6 Å². The molecule has 36 heavy (non-hydrogen) atoms. The molecule has 1 saturated heterocycles. The molecule has 2 aliphatic rings. The van der Waals surface area contributed by atoms with Crippen LogP contribution in [-0.4, -0.2) is 79.2 Å². The molecule has 1 fully saturated rings. The van der Waals surface area contributed by atoms with Crippen LogP contribution in [0.4, 0.5) is 13.2 Å². The number of alkyl halides is 2. The molecule has 0 spiro atoms. The molecule has 2 aliphatic heterocycles. The predicted octanol–water partition coefficient (Wildman–Crippen LogP) is 3.40. The lowest BCUT2D eigenvalue weighted by Crippen LogP contribution is -2.55. The summed E-state index contributed by atoms with van der Waals surface area (Å²) in [4.78, 5) is 40.8. The highest BCUT2D eigenvalue weighted by Gasteiger charge is 2.43. The van der Waals surface area contributed by atoms with Gasteiger partial charge >= 0.3 is 0 Å². The number of likely N-dealkylation sites (tertiary alicyclic amines) is 1. The highest BCUT2D eigenvalue weighted by molar-refractivity contribution is 6.76. The first-order valence-corrected chi connectivity index (χ1v) is 15.7. The Bertz CT molecular complexity index is 1000. The van der Waals surface area contributed by atoms with E-state index in [0.29, 0.717) is 12.2 Å². The predicted molar refractivity (Wildman–Crippen MR) is 127 cm³/mol. The topological polar surface area (TPSA) is 96.4 Å². The fourth-order valence-corrected chi connectivity index (χ4v) is 4.83. The third-order valence-corrected chi connectivity index (χ3v) is 7.97. The lowest BCUT2D eigenvalue weighted by Gasteiger charge is -2.35. The number of carbonyl (C=O) groups excluding carboxylic acids is 3. The van der Waals surface area contributed by atoms with E-state index in [1.165, 1.54) is 11.0 Å². The van der Waals surface area contributed by atoms with Crippen molar-refractivity contribution in [2.24, 2.45) is 0 Å². The highest BCUT2D eigenvalue weighted by atomic mass is 28.3. The smallest absolute Gasteiger partial charge is 0.255 e. The average Bonchev–Trinajstić information content (AvgIpc) is 3.07. The number of rotatable bonds is 12. The molecule has 1 N–H and O–H groups in total. The second-order valence-corrected chi connectivity index (χ2v) is 16.0. The molecule has 1 aromatic rings. The molecule has 2 heterocycles. The van der Waals surface area contributed by atoms with Crippen molar-refractivity contribution in [3.63, 3.8) is 0 Å². The van der Waals surface area contributed by atoms with Crippen LogP contribution >= 0.6 is 0 Å². The Labute approximate surface area is 209 Å². The van der Waals surface area contributed by atoms with E-state index >= 15 is 0 Å². The van der Waals surface area contributed by atoms with Gasteiger partial charge in [-0.05, 0) is 30.2 Å². The van der Waals surface area contributed by atoms with Gasteiger partial charge in [-0.2, -0.15) is 0 Å². The second-order valence-electron chi connectivity index (χ2n) is 10.4. The molecule has 1 atom stereocenters. The van der Waals surface area contributed by atoms with Crippen LogP contribution in [-0.2, 0) is 20.9 Å². The first-order chi connectivity index (χ1) is 16.8. The van der Waals surface area contributed by atoms with Gasteiger partial charge in [0.15, 0.2) is 11.6 Å². The van der Waals surface area contributed by atoms with Crippen LogP contribution in [0.25, 0.3) is 0 Å². The third-order valence-electron chi connectivity index (χ3n) is 6.27. The van der Waals surface area contributed by atoms with E-state index in [2.05, 4.69) is 19.6 Å². The maximum atomic E-state index is 14.5. The number of fused-ring (bicyclic) bond motifs is 1. The molecular formula is C24H33F3N2O6Si. The molecule has 200 valence electrons. The van der Waals surface area contributed by atoms with Gasteiger partial charge in [0.2, 0.25) is 5.91 Å². The normalized spacial score (nSPS) is 18.8. The van der Waals surface area contributed by atoms with E-state index in [9.17, 15) is 27.6 Å². The molecule has 1 aromatic carbocycles. The van der Waals surface area contributed by atoms with Crippen LogP contribution in [0.3, 0.4) is 0 Å². The number of amides is 3. The van der Waals surface area contributed by atoms with Crippen LogP contribution in [0.2, 0.25) is 25.7 Å². The zero-order valence-electron chi connectivity index (χ0n) is 20.8. The lowest BCUT2D eigenvalue weighted by atomic mass is 10.0. The van der Waals surface area contributed by atoms with Crippen LogP contribution in [0.1, 0.15) is 41.6 Å². The van der Waals surface area contributed by atoms with Crippen LogP contribution in [0.5, 0.6) is 5.75 Å². The van der Waals surface area contributed by atoms with E-state index in [-0.39, 0.29) is 43.3 Å². The fourth-order valence-electron chi connectivity index (χ4n) is 4.08. The summed E-state index contributed by atoms with van der Waals surface area (Å²) < 4.78 is 52.4. The molecule has 0 saturated carbocycles. The molecule has 0 bridgehead atoms. The number of aliphatic hydroxyl groups excluding tert-OH is 1. The quantitative estimate of drug-likeness (QED) is 0.253. The number of carbonyl (C=O) groups is 3. The molecular weight excluding hydrogens is 497 g/mol. The van der Waals surface area contributed by atoms with E-state index in [0.717, 1.165) is 17.0 Å². The number of halogens is 3. The summed E-state index contributed by atoms with van der Waals surface area (Å²) in [6.07, 6.45) is -1.20. The van der Waals surface area contributed by atoms with Crippen molar-refractivity contribution in [2.45, 2.75) is 69.9 Å². The second kappa shape index (κ2) is 11.3. The molecule has 8 nitrogen and oxygen atoms in total. The minimum absolute atomic E-state index is 0.000394. The largest absolute Gasteiger partial charge is 0.490 e. The zero-order chi connectivity index (χ0) is 26.7. The van der Waals surface area contributed by atoms with Crippen LogP contribution in [0.15, 0.2) is 12.1 Å². The van der Waals surface area contributed by atoms with Gasteiger partial charge in [0.1, 0.15) is 12.8 Å². The molecule has 3 rings (SSSR count). The van der Waals surface area contributed by atoms with Crippen molar-refractivity contribution in [1.82, 2.24) is 9.80 Å². The van der Waals surface area contributed by atoms with Crippen LogP contribution in [0, 0.1) is 5.82 Å². The fraction of sp³-hybridized carbons (Fsp3) is 0.625. The molecule has 3 amide bonds. The molecule has 0 aromatic heterocycles.